The SMILES string of the molecule is CCOC(=O)c1ccc2c(c1)CC/C(=C\c1cccc(Oc3ccccc3)c1)C2=O. The van der Waals surface area contributed by atoms with Crippen LogP contribution >= 0.6 is 0 Å². The first-order valence-corrected chi connectivity index (χ1v) is 10.0. The van der Waals surface area contributed by atoms with E-state index < -0.39 is 0 Å². The number of benzene rings is 3. The number of esters is 1. The Labute approximate surface area is 175 Å². The molecular formula is C26H22O4. The summed E-state index contributed by atoms with van der Waals surface area (Å²) in [6, 6.07) is 22.4. The van der Waals surface area contributed by atoms with E-state index in [9.17, 15) is 9.59 Å². The topological polar surface area (TPSA) is 52.6 Å². The number of Topliss-reactive ketones (excluding diaryl/α,β-unsaturated/α-hetero) is 1. The maximum absolute atomic E-state index is 13.0. The maximum atomic E-state index is 13.0. The second-order valence-electron chi connectivity index (χ2n) is 7.08. The number of ether oxygens (including phenoxy) is 2. The molecule has 0 fully saturated rings. The van der Waals surface area contributed by atoms with E-state index in [1.165, 1.54) is 0 Å². The van der Waals surface area contributed by atoms with E-state index in [0.29, 0.717) is 30.6 Å². The van der Waals surface area contributed by atoms with Gasteiger partial charge in [0.25, 0.3) is 0 Å². The normalized spacial score (nSPS) is 14.3. The Morgan fingerprint density at radius 2 is 1.73 bits per heavy atom. The van der Waals surface area contributed by atoms with Crippen molar-refractivity contribution in [1.82, 2.24) is 0 Å². The van der Waals surface area contributed by atoms with E-state index in [2.05, 4.69) is 0 Å². The van der Waals surface area contributed by atoms with Crippen LogP contribution in [0.3, 0.4) is 0 Å². The van der Waals surface area contributed by atoms with Crippen molar-refractivity contribution < 1.29 is 19.1 Å². The van der Waals surface area contributed by atoms with Crippen molar-refractivity contribution in [3.63, 3.8) is 0 Å². The van der Waals surface area contributed by atoms with Crippen LogP contribution in [0.25, 0.3) is 6.08 Å². The predicted octanol–water partition coefficient (Wildman–Crippen LogP) is 5.87. The van der Waals surface area contributed by atoms with Gasteiger partial charge in [0, 0.05) is 11.1 Å². The summed E-state index contributed by atoms with van der Waals surface area (Å²) >= 11 is 0. The van der Waals surface area contributed by atoms with E-state index in [1.54, 1.807) is 25.1 Å². The zero-order valence-corrected chi connectivity index (χ0v) is 16.8. The molecule has 4 heteroatoms. The molecule has 0 saturated heterocycles. The first-order chi connectivity index (χ1) is 14.6. The van der Waals surface area contributed by atoms with Gasteiger partial charge in [-0.15, -0.1) is 0 Å². The van der Waals surface area contributed by atoms with Gasteiger partial charge in [0.1, 0.15) is 11.5 Å². The van der Waals surface area contributed by atoms with Crippen molar-refractivity contribution >= 4 is 17.8 Å². The van der Waals surface area contributed by atoms with Gasteiger partial charge in [-0.3, -0.25) is 4.79 Å². The van der Waals surface area contributed by atoms with Gasteiger partial charge in [0.15, 0.2) is 5.78 Å². The van der Waals surface area contributed by atoms with Gasteiger partial charge in [-0.2, -0.15) is 0 Å². The van der Waals surface area contributed by atoms with E-state index >= 15 is 0 Å². The molecule has 0 N–H and O–H groups in total. The van der Waals surface area contributed by atoms with Crippen molar-refractivity contribution in [1.29, 1.82) is 0 Å². The van der Waals surface area contributed by atoms with Crippen LogP contribution in [0, 0.1) is 0 Å². The Hall–Kier alpha value is -3.66. The average molecular weight is 398 g/mol. The maximum Gasteiger partial charge on any atom is 0.338 e. The highest BCUT2D eigenvalue weighted by Crippen LogP contribution is 2.29. The quantitative estimate of drug-likeness (QED) is 0.398. The van der Waals surface area contributed by atoms with E-state index in [-0.39, 0.29) is 11.8 Å². The molecule has 0 bridgehead atoms. The van der Waals surface area contributed by atoms with Gasteiger partial charge in [-0.1, -0.05) is 30.3 Å². The summed E-state index contributed by atoms with van der Waals surface area (Å²) in [7, 11) is 0. The summed E-state index contributed by atoms with van der Waals surface area (Å²) in [5.41, 5.74) is 3.70. The molecule has 4 rings (SSSR count). The lowest BCUT2D eigenvalue weighted by molar-refractivity contribution is 0.0526. The minimum atomic E-state index is -0.357. The molecule has 0 aliphatic heterocycles. The molecule has 0 heterocycles. The minimum Gasteiger partial charge on any atom is -0.462 e. The summed E-state index contributed by atoms with van der Waals surface area (Å²) in [5.74, 6) is 1.13. The molecule has 0 atom stereocenters. The molecule has 1 aliphatic rings. The van der Waals surface area contributed by atoms with Gasteiger partial charge >= 0.3 is 5.97 Å². The van der Waals surface area contributed by atoms with Gasteiger partial charge in [0.2, 0.25) is 0 Å². The lowest BCUT2D eigenvalue weighted by Crippen LogP contribution is -2.15. The fourth-order valence-electron chi connectivity index (χ4n) is 3.55. The number of allylic oxidation sites excluding steroid dienone is 1. The first kappa shape index (κ1) is 19.6. The fourth-order valence-corrected chi connectivity index (χ4v) is 3.55. The summed E-state index contributed by atoms with van der Waals surface area (Å²) in [4.78, 5) is 24.9. The smallest absolute Gasteiger partial charge is 0.338 e. The number of fused-ring (bicyclic) bond motifs is 1. The average Bonchev–Trinajstić information content (AvgIpc) is 2.77. The number of hydrogen-bond acceptors (Lipinski definition) is 4. The molecule has 0 aromatic heterocycles. The van der Waals surface area contributed by atoms with Crippen LogP contribution in [0.15, 0.2) is 78.4 Å². The molecular weight excluding hydrogens is 376 g/mol. The molecule has 0 unspecified atom stereocenters. The van der Waals surface area contributed by atoms with Gasteiger partial charge in [-0.25, -0.2) is 4.79 Å². The van der Waals surface area contributed by atoms with Crippen molar-refractivity contribution in [3.05, 3.63) is 101 Å². The molecule has 3 aromatic rings. The third-order valence-electron chi connectivity index (χ3n) is 4.99. The third-order valence-corrected chi connectivity index (χ3v) is 4.99. The van der Waals surface area contributed by atoms with Gasteiger partial charge in [-0.05, 0) is 79.4 Å². The zero-order chi connectivity index (χ0) is 20.9. The monoisotopic (exact) mass is 398 g/mol. The van der Waals surface area contributed by atoms with Crippen LogP contribution in [0.2, 0.25) is 0 Å². The van der Waals surface area contributed by atoms with Crippen molar-refractivity contribution in [3.8, 4) is 11.5 Å². The summed E-state index contributed by atoms with van der Waals surface area (Å²) < 4.78 is 10.9. The minimum absolute atomic E-state index is 0.000963. The Morgan fingerprint density at radius 3 is 2.53 bits per heavy atom. The van der Waals surface area contributed by atoms with Crippen LogP contribution in [0.4, 0.5) is 0 Å². The van der Waals surface area contributed by atoms with E-state index in [0.717, 1.165) is 28.2 Å². The van der Waals surface area contributed by atoms with Crippen LogP contribution < -0.4 is 4.74 Å². The highest BCUT2D eigenvalue weighted by molar-refractivity contribution is 6.13. The molecule has 150 valence electrons. The fraction of sp³-hybridized carbons (Fsp3) is 0.154. The number of hydrogen-bond donors (Lipinski definition) is 0. The molecule has 3 aromatic carbocycles. The van der Waals surface area contributed by atoms with Gasteiger partial charge in [0.05, 0.1) is 12.2 Å². The van der Waals surface area contributed by atoms with Crippen LogP contribution in [-0.2, 0) is 11.2 Å². The highest BCUT2D eigenvalue weighted by atomic mass is 16.5. The van der Waals surface area contributed by atoms with E-state index in [4.69, 9.17) is 9.47 Å². The summed E-state index contributed by atoms with van der Waals surface area (Å²) in [5, 5.41) is 0. The standard InChI is InChI=1S/C26H22O4/c1-2-29-26(28)21-13-14-24-19(17-21)11-12-20(25(24)27)15-18-7-6-10-23(16-18)30-22-8-4-3-5-9-22/h3-10,13-17H,2,11-12H2,1H3/b20-15+. The van der Waals surface area contributed by atoms with Crippen molar-refractivity contribution in [2.45, 2.75) is 19.8 Å². The Balaban J connectivity index is 1.55. The van der Waals surface area contributed by atoms with E-state index in [1.807, 2.05) is 60.7 Å². The lowest BCUT2D eigenvalue weighted by atomic mass is 9.85. The first-order valence-electron chi connectivity index (χ1n) is 10.0. The summed E-state index contributed by atoms with van der Waals surface area (Å²) in [6.07, 6.45) is 3.25. The second kappa shape index (κ2) is 8.78. The number of para-hydroxylation sites is 1. The Kier molecular flexibility index (Phi) is 5.75. The van der Waals surface area contributed by atoms with Crippen molar-refractivity contribution in [2.24, 2.45) is 0 Å². The molecule has 0 radical (unpaired) electrons. The second-order valence-corrected chi connectivity index (χ2v) is 7.08. The molecule has 0 spiro atoms. The number of aryl methyl sites for hydroxylation is 1. The largest absolute Gasteiger partial charge is 0.462 e. The number of rotatable bonds is 5. The Bertz CT molecular complexity index is 1110. The molecule has 1 aliphatic carbocycles. The van der Waals surface area contributed by atoms with Crippen molar-refractivity contribution in [2.75, 3.05) is 6.61 Å². The lowest BCUT2D eigenvalue weighted by Gasteiger charge is -2.18. The molecule has 30 heavy (non-hydrogen) atoms. The van der Waals surface area contributed by atoms with Gasteiger partial charge < -0.3 is 9.47 Å². The summed E-state index contributed by atoms with van der Waals surface area (Å²) in [6.45, 7) is 2.10. The number of carbonyl (C=O) groups excluding carboxylic acids is 2. The van der Waals surface area contributed by atoms with Crippen LogP contribution in [-0.4, -0.2) is 18.4 Å². The number of ketones is 1. The Morgan fingerprint density at radius 1 is 0.933 bits per heavy atom. The van der Waals surface area contributed by atoms with Crippen LogP contribution in [0.5, 0.6) is 11.5 Å². The molecule has 0 saturated carbocycles. The van der Waals surface area contributed by atoms with Crippen LogP contribution in [0.1, 0.15) is 45.2 Å². The highest BCUT2D eigenvalue weighted by Gasteiger charge is 2.23. The molecule has 4 nitrogen and oxygen atoms in total. The zero-order valence-electron chi connectivity index (χ0n) is 16.8. The number of carbonyl (C=O) groups is 2. The molecule has 0 amide bonds. The third kappa shape index (κ3) is 4.33. The predicted molar refractivity (Wildman–Crippen MR) is 116 cm³/mol.